The Hall–Kier alpha value is -1.33. The molecule has 0 saturated heterocycles. The van der Waals surface area contributed by atoms with Gasteiger partial charge in [-0.25, -0.2) is 4.98 Å². The Morgan fingerprint density at radius 2 is 1.86 bits per heavy atom. The van der Waals surface area contributed by atoms with E-state index in [0.717, 1.165) is 26.1 Å². The number of nitrogen functional groups attached to an aromatic ring is 1. The van der Waals surface area contributed by atoms with Gasteiger partial charge in [0.05, 0.1) is 5.02 Å². The highest BCUT2D eigenvalue weighted by Gasteiger charge is 2.19. The minimum atomic E-state index is -0.158. The predicted molar refractivity (Wildman–Crippen MR) is 87.6 cm³/mol. The number of carbonyl (C=O) groups is 1. The average molecular weight is 313 g/mol. The molecule has 2 N–H and O–H groups in total. The molecular weight excluding hydrogens is 288 g/mol. The smallest absolute Gasteiger partial charge is 0.274 e. The number of amides is 1. The average Bonchev–Trinajstić information content (AvgIpc) is 2.49. The normalized spacial score (nSPS) is 10.9. The summed E-state index contributed by atoms with van der Waals surface area (Å²) in [7, 11) is 0. The first-order valence-electron chi connectivity index (χ1n) is 7.47. The Labute approximate surface area is 132 Å². The van der Waals surface area contributed by atoms with Gasteiger partial charge in [-0.15, -0.1) is 0 Å². The molecule has 0 atom stereocenters. The number of nitrogens with two attached hydrogens (primary N) is 1. The standard InChI is InChI=1S/C15H25ClN4O/c1-4-19(5-2)10-7-11-20(6-3)15(21)14-12(16)8-9-13(17)18-14/h8-9H,4-7,10-11H2,1-3H3,(H2,17,18). The van der Waals surface area contributed by atoms with Crippen molar-refractivity contribution in [1.29, 1.82) is 0 Å². The fraction of sp³-hybridized carbons (Fsp3) is 0.600. The lowest BCUT2D eigenvalue weighted by Crippen LogP contribution is -2.35. The lowest BCUT2D eigenvalue weighted by atomic mass is 10.2. The maximum atomic E-state index is 12.5. The minimum absolute atomic E-state index is 0.158. The number of aromatic nitrogens is 1. The van der Waals surface area contributed by atoms with Gasteiger partial charge in [0, 0.05) is 13.1 Å². The quantitative estimate of drug-likeness (QED) is 0.801. The van der Waals surface area contributed by atoms with Crippen LogP contribution in [0.3, 0.4) is 0 Å². The summed E-state index contributed by atoms with van der Waals surface area (Å²) in [5, 5.41) is 0.344. The first-order chi connectivity index (χ1) is 10.0. The number of carbonyl (C=O) groups excluding carboxylic acids is 1. The molecular formula is C15H25ClN4O. The fourth-order valence-corrected chi connectivity index (χ4v) is 2.37. The Morgan fingerprint density at radius 1 is 1.19 bits per heavy atom. The molecule has 118 valence electrons. The van der Waals surface area contributed by atoms with Crippen molar-refractivity contribution in [3.8, 4) is 0 Å². The van der Waals surface area contributed by atoms with Crippen molar-refractivity contribution in [2.75, 3.05) is 38.5 Å². The van der Waals surface area contributed by atoms with Gasteiger partial charge in [0.25, 0.3) is 5.91 Å². The number of anilines is 1. The summed E-state index contributed by atoms with van der Waals surface area (Å²) >= 11 is 6.05. The van der Waals surface area contributed by atoms with Crippen molar-refractivity contribution in [2.45, 2.75) is 27.2 Å². The van der Waals surface area contributed by atoms with Crippen molar-refractivity contribution in [1.82, 2.24) is 14.8 Å². The van der Waals surface area contributed by atoms with E-state index in [9.17, 15) is 4.79 Å². The number of halogens is 1. The van der Waals surface area contributed by atoms with E-state index in [1.54, 1.807) is 17.0 Å². The molecule has 1 rings (SSSR count). The third kappa shape index (κ3) is 5.17. The van der Waals surface area contributed by atoms with Gasteiger partial charge in [0.1, 0.15) is 11.5 Å². The zero-order valence-electron chi connectivity index (χ0n) is 13.1. The Bertz CT molecular complexity index is 463. The lowest BCUT2D eigenvalue weighted by molar-refractivity contribution is 0.0752. The highest BCUT2D eigenvalue weighted by Crippen LogP contribution is 2.17. The minimum Gasteiger partial charge on any atom is -0.384 e. The monoisotopic (exact) mass is 312 g/mol. The van der Waals surface area contributed by atoms with Crippen LogP contribution in [-0.2, 0) is 0 Å². The van der Waals surface area contributed by atoms with E-state index in [1.165, 1.54) is 0 Å². The van der Waals surface area contributed by atoms with Crippen LogP contribution >= 0.6 is 11.6 Å². The molecule has 21 heavy (non-hydrogen) atoms. The van der Waals surface area contributed by atoms with Gasteiger partial charge >= 0.3 is 0 Å². The van der Waals surface area contributed by atoms with E-state index in [-0.39, 0.29) is 11.6 Å². The number of pyridine rings is 1. The van der Waals surface area contributed by atoms with Crippen LogP contribution in [0.4, 0.5) is 5.82 Å². The maximum absolute atomic E-state index is 12.5. The largest absolute Gasteiger partial charge is 0.384 e. The second-order valence-corrected chi connectivity index (χ2v) is 5.24. The van der Waals surface area contributed by atoms with Crippen molar-refractivity contribution in [2.24, 2.45) is 0 Å². The number of hydrogen-bond acceptors (Lipinski definition) is 4. The predicted octanol–water partition coefficient (Wildman–Crippen LogP) is 2.51. The molecule has 5 nitrogen and oxygen atoms in total. The molecule has 0 aliphatic rings. The molecule has 0 unspecified atom stereocenters. The van der Waals surface area contributed by atoms with Crippen LogP contribution < -0.4 is 5.73 Å². The van der Waals surface area contributed by atoms with Crippen LogP contribution in [0.2, 0.25) is 5.02 Å². The number of hydrogen-bond donors (Lipinski definition) is 1. The summed E-state index contributed by atoms with van der Waals surface area (Å²) in [4.78, 5) is 20.6. The number of nitrogens with zero attached hydrogens (tertiary/aromatic N) is 3. The summed E-state index contributed by atoms with van der Waals surface area (Å²) in [6.07, 6.45) is 0.932. The molecule has 0 spiro atoms. The van der Waals surface area contributed by atoms with Gasteiger partial charge in [0.2, 0.25) is 0 Å². The van der Waals surface area contributed by atoms with Crippen LogP contribution in [0.1, 0.15) is 37.7 Å². The van der Waals surface area contributed by atoms with Crippen LogP contribution in [-0.4, -0.2) is 53.4 Å². The molecule has 1 heterocycles. The Balaban J connectivity index is 2.67. The van der Waals surface area contributed by atoms with Gasteiger partial charge in [-0.05, 0) is 45.1 Å². The highest BCUT2D eigenvalue weighted by molar-refractivity contribution is 6.33. The highest BCUT2D eigenvalue weighted by atomic mass is 35.5. The molecule has 0 radical (unpaired) electrons. The summed E-state index contributed by atoms with van der Waals surface area (Å²) < 4.78 is 0. The van der Waals surface area contributed by atoms with Crippen LogP contribution in [0.25, 0.3) is 0 Å². The summed E-state index contributed by atoms with van der Waals surface area (Å²) in [6, 6.07) is 3.20. The van der Waals surface area contributed by atoms with Gasteiger partial charge in [-0.1, -0.05) is 25.4 Å². The first-order valence-corrected chi connectivity index (χ1v) is 7.84. The van der Waals surface area contributed by atoms with Gasteiger partial charge in [-0.2, -0.15) is 0 Å². The number of rotatable bonds is 8. The molecule has 1 aromatic heterocycles. The van der Waals surface area contributed by atoms with Crippen molar-refractivity contribution < 1.29 is 4.79 Å². The second kappa shape index (κ2) is 8.85. The zero-order chi connectivity index (χ0) is 15.8. The Morgan fingerprint density at radius 3 is 2.43 bits per heavy atom. The molecule has 0 bridgehead atoms. The summed E-state index contributed by atoms with van der Waals surface area (Å²) in [5.41, 5.74) is 5.87. The van der Waals surface area contributed by atoms with E-state index in [2.05, 4.69) is 23.7 Å². The molecule has 6 heteroatoms. The van der Waals surface area contributed by atoms with Crippen molar-refractivity contribution >= 4 is 23.3 Å². The molecule has 0 saturated carbocycles. The first kappa shape index (κ1) is 17.7. The Kier molecular flexibility index (Phi) is 7.47. The molecule has 0 fully saturated rings. The fourth-order valence-electron chi connectivity index (χ4n) is 2.19. The van der Waals surface area contributed by atoms with E-state index in [4.69, 9.17) is 17.3 Å². The SMILES string of the molecule is CCN(CC)CCCN(CC)C(=O)c1nc(N)ccc1Cl. The molecule has 0 aliphatic carbocycles. The topological polar surface area (TPSA) is 62.5 Å². The third-order valence-corrected chi connectivity index (χ3v) is 3.84. The van der Waals surface area contributed by atoms with Crippen molar-refractivity contribution in [3.05, 3.63) is 22.8 Å². The molecule has 0 aliphatic heterocycles. The maximum Gasteiger partial charge on any atom is 0.274 e. The van der Waals surface area contributed by atoms with E-state index >= 15 is 0 Å². The molecule has 1 amide bonds. The summed E-state index contributed by atoms with van der Waals surface area (Å²) in [6.45, 7) is 10.6. The van der Waals surface area contributed by atoms with Gasteiger partial charge in [-0.3, -0.25) is 4.79 Å². The van der Waals surface area contributed by atoms with E-state index < -0.39 is 0 Å². The van der Waals surface area contributed by atoms with Gasteiger partial charge < -0.3 is 15.5 Å². The van der Waals surface area contributed by atoms with Crippen LogP contribution in [0.5, 0.6) is 0 Å². The third-order valence-electron chi connectivity index (χ3n) is 3.54. The molecule has 1 aromatic rings. The van der Waals surface area contributed by atoms with E-state index in [1.807, 2.05) is 6.92 Å². The van der Waals surface area contributed by atoms with E-state index in [0.29, 0.717) is 23.9 Å². The molecule has 0 aromatic carbocycles. The lowest BCUT2D eigenvalue weighted by Gasteiger charge is -2.23. The second-order valence-electron chi connectivity index (χ2n) is 4.83. The van der Waals surface area contributed by atoms with Crippen LogP contribution in [0.15, 0.2) is 12.1 Å². The van der Waals surface area contributed by atoms with Gasteiger partial charge in [0.15, 0.2) is 0 Å². The summed E-state index contributed by atoms with van der Waals surface area (Å²) in [5.74, 6) is 0.149. The van der Waals surface area contributed by atoms with Crippen LogP contribution in [0, 0.1) is 0 Å². The zero-order valence-corrected chi connectivity index (χ0v) is 13.9. The van der Waals surface area contributed by atoms with Crippen molar-refractivity contribution in [3.63, 3.8) is 0 Å².